The van der Waals surface area contributed by atoms with Gasteiger partial charge in [-0.25, -0.2) is 14.8 Å². The smallest absolute Gasteiger partial charge is 0.320 e. The van der Waals surface area contributed by atoms with E-state index < -0.39 is 0 Å². The van der Waals surface area contributed by atoms with Crippen LogP contribution in [0.25, 0.3) is 11.1 Å². The van der Waals surface area contributed by atoms with Gasteiger partial charge in [0.25, 0.3) is 0 Å². The Morgan fingerprint density at radius 2 is 1.97 bits per heavy atom. The monoisotopic (exact) mass is 395 g/mol. The topological polar surface area (TPSA) is 118 Å². The van der Waals surface area contributed by atoms with Crippen LogP contribution in [0.1, 0.15) is 5.69 Å². The molecule has 3 N–H and O–H groups in total. The van der Waals surface area contributed by atoms with Gasteiger partial charge in [0, 0.05) is 48.4 Å². The Labute approximate surface area is 167 Å². The Hall–Kier alpha value is -3.72. The number of nitrogens with zero attached hydrogens (tertiary/aromatic N) is 3. The molecule has 0 fully saturated rings. The van der Waals surface area contributed by atoms with Crippen molar-refractivity contribution in [1.29, 1.82) is 0 Å². The van der Waals surface area contributed by atoms with Crippen LogP contribution in [0.4, 0.5) is 10.6 Å². The first-order chi connectivity index (χ1) is 14.1. The zero-order valence-electron chi connectivity index (χ0n) is 16.0. The van der Waals surface area contributed by atoms with Crippen molar-refractivity contribution in [3.63, 3.8) is 0 Å². The highest BCUT2D eigenvalue weighted by molar-refractivity contribution is 5.88. The zero-order valence-corrected chi connectivity index (χ0v) is 16.0. The van der Waals surface area contributed by atoms with E-state index in [1.807, 2.05) is 25.1 Å². The number of anilines is 1. The van der Waals surface area contributed by atoms with Gasteiger partial charge in [0.05, 0.1) is 12.8 Å². The molecular weight excluding hydrogens is 374 g/mol. The maximum atomic E-state index is 11.6. The number of carbonyl (C=O) groups is 1. The van der Waals surface area contributed by atoms with Gasteiger partial charge in [-0.05, 0) is 25.1 Å². The Bertz CT molecular complexity index is 962. The molecule has 0 saturated heterocycles. The lowest BCUT2D eigenvalue weighted by Crippen LogP contribution is -2.24. The van der Waals surface area contributed by atoms with Gasteiger partial charge in [-0.1, -0.05) is 0 Å². The Morgan fingerprint density at radius 3 is 2.62 bits per heavy atom. The maximum Gasteiger partial charge on any atom is 0.320 e. The van der Waals surface area contributed by atoms with Gasteiger partial charge in [-0.2, -0.15) is 0 Å². The molecule has 0 aliphatic carbocycles. The summed E-state index contributed by atoms with van der Waals surface area (Å²) in [5, 5.41) is 13.9. The Kier molecular flexibility index (Phi) is 6.54. The molecule has 3 heterocycles. The van der Waals surface area contributed by atoms with Crippen molar-refractivity contribution < 1.29 is 19.4 Å². The second-order valence-corrected chi connectivity index (χ2v) is 5.96. The Morgan fingerprint density at radius 1 is 1.10 bits per heavy atom. The molecule has 0 aliphatic heterocycles. The number of rotatable bonds is 7. The number of pyridine rings is 3. The first-order valence-corrected chi connectivity index (χ1v) is 8.88. The summed E-state index contributed by atoms with van der Waals surface area (Å²) < 4.78 is 11.3. The van der Waals surface area contributed by atoms with Crippen LogP contribution < -0.4 is 20.1 Å². The number of aliphatic hydroxyl groups excluding tert-OH is 1. The van der Waals surface area contributed by atoms with Gasteiger partial charge < -0.3 is 19.9 Å². The van der Waals surface area contributed by atoms with Crippen LogP contribution in [0.5, 0.6) is 17.4 Å². The van der Waals surface area contributed by atoms with Crippen molar-refractivity contribution in [2.24, 2.45) is 0 Å². The van der Waals surface area contributed by atoms with Gasteiger partial charge in [0.2, 0.25) is 5.88 Å². The molecule has 0 saturated carbocycles. The summed E-state index contributed by atoms with van der Waals surface area (Å²) in [5.74, 6) is 1.76. The second-order valence-electron chi connectivity index (χ2n) is 5.96. The standard InChI is InChI=1S/C20H21N5O4/c1-13-3-5-15(11-22-13)29-17-9-18(25-20(27)21-2)23-12-16(17)14-4-6-19(24-10-14)28-8-7-26/h3-6,9-12,26H,7-8H2,1-2H3,(H2,21,23,25,27). The van der Waals surface area contributed by atoms with E-state index in [1.54, 1.807) is 30.7 Å². The van der Waals surface area contributed by atoms with Crippen LogP contribution in [0.15, 0.2) is 48.9 Å². The molecule has 9 heteroatoms. The molecule has 0 aromatic carbocycles. The molecule has 3 rings (SSSR count). The summed E-state index contributed by atoms with van der Waals surface area (Å²) >= 11 is 0. The molecule has 0 unspecified atom stereocenters. The average molecular weight is 395 g/mol. The number of hydrogen-bond donors (Lipinski definition) is 3. The van der Waals surface area contributed by atoms with E-state index >= 15 is 0 Å². The van der Waals surface area contributed by atoms with Crippen LogP contribution in [0.2, 0.25) is 0 Å². The van der Waals surface area contributed by atoms with Crippen molar-refractivity contribution in [3.8, 4) is 28.5 Å². The van der Waals surface area contributed by atoms with Crippen molar-refractivity contribution in [2.45, 2.75) is 6.92 Å². The highest BCUT2D eigenvalue weighted by atomic mass is 16.5. The van der Waals surface area contributed by atoms with Crippen molar-refractivity contribution in [3.05, 3.63) is 54.6 Å². The lowest BCUT2D eigenvalue weighted by molar-refractivity contribution is 0.196. The lowest BCUT2D eigenvalue weighted by Gasteiger charge is -2.13. The fourth-order valence-corrected chi connectivity index (χ4v) is 2.40. The van der Waals surface area contributed by atoms with Gasteiger partial charge in [-0.15, -0.1) is 0 Å². The number of aromatic nitrogens is 3. The molecule has 0 aliphatic rings. The summed E-state index contributed by atoms with van der Waals surface area (Å²) in [6.45, 7) is 1.97. The van der Waals surface area contributed by atoms with Gasteiger partial charge >= 0.3 is 6.03 Å². The number of urea groups is 1. The number of nitrogens with one attached hydrogen (secondary N) is 2. The van der Waals surface area contributed by atoms with Crippen LogP contribution in [0, 0.1) is 6.92 Å². The molecular formula is C20H21N5O4. The predicted octanol–water partition coefficient (Wildman–Crippen LogP) is 2.76. The van der Waals surface area contributed by atoms with E-state index in [2.05, 4.69) is 25.6 Å². The van der Waals surface area contributed by atoms with E-state index in [-0.39, 0.29) is 19.2 Å². The minimum absolute atomic E-state index is 0.0876. The number of hydrogen-bond acceptors (Lipinski definition) is 7. The molecule has 0 spiro atoms. The van der Waals surface area contributed by atoms with Gasteiger partial charge in [0.1, 0.15) is 23.9 Å². The molecule has 29 heavy (non-hydrogen) atoms. The molecule has 0 bridgehead atoms. The van der Waals surface area contributed by atoms with E-state index in [4.69, 9.17) is 14.6 Å². The highest BCUT2D eigenvalue weighted by Crippen LogP contribution is 2.34. The SMILES string of the molecule is CNC(=O)Nc1cc(Oc2ccc(C)nc2)c(-c2ccc(OCCO)nc2)cn1. The van der Waals surface area contributed by atoms with Crippen LogP contribution in [0.3, 0.4) is 0 Å². The van der Waals surface area contributed by atoms with Crippen molar-refractivity contribution >= 4 is 11.8 Å². The predicted molar refractivity (Wildman–Crippen MR) is 107 cm³/mol. The van der Waals surface area contributed by atoms with Crippen LogP contribution in [-0.4, -0.2) is 46.4 Å². The number of carbonyl (C=O) groups excluding carboxylic acids is 1. The fraction of sp³-hybridized carbons (Fsp3) is 0.200. The number of amides is 2. The summed E-state index contributed by atoms with van der Waals surface area (Å²) in [4.78, 5) is 24.3. The average Bonchev–Trinajstić information content (AvgIpc) is 2.74. The van der Waals surface area contributed by atoms with E-state index in [0.717, 1.165) is 11.3 Å². The summed E-state index contributed by atoms with van der Waals surface area (Å²) in [7, 11) is 1.52. The highest BCUT2D eigenvalue weighted by Gasteiger charge is 2.13. The van der Waals surface area contributed by atoms with E-state index in [9.17, 15) is 4.79 Å². The Balaban J connectivity index is 1.93. The first kappa shape index (κ1) is 20.0. The van der Waals surface area contributed by atoms with Gasteiger partial charge in [0.15, 0.2) is 0 Å². The number of aryl methyl sites for hydroxylation is 1. The third-order valence-corrected chi connectivity index (χ3v) is 3.84. The fourth-order valence-electron chi connectivity index (χ4n) is 2.40. The molecule has 2 amide bonds. The minimum atomic E-state index is -0.389. The summed E-state index contributed by atoms with van der Waals surface area (Å²) in [6, 6.07) is 8.39. The zero-order chi connectivity index (χ0) is 20.6. The molecule has 0 atom stereocenters. The van der Waals surface area contributed by atoms with E-state index in [0.29, 0.717) is 28.8 Å². The molecule has 150 valence electrons. The maximum absolute atomic E-state index is 11.6. The minimum Gasteiger partial charge on any atom is -0.475 e. The van der Waals surface area contributed by atoms with Crippen LogP contribution >= 0.6 is 0 Å². The normalized spacial score (nSPS) is 10.3. The van der Waals surface area contributed by atoms with Gasteiger partial charge in [-0.3, -0.25) is 10.3 Å². The third-order valence-electron chi connectivity index (χ3n) is 3.84. The summed E-state index contributed by atoms with van der Waals surface area (Å²) in [6.07, 6.45) is 4.83. The number of aliphatic hydroxyl groups is 1. The molecule has 3 aromatic heterocycles. The quantitative estimate of drug-likeness (QED) is 0.563. The van der Waals surface area contributed by atoms with Crippen molar-refractivity contribution in [2.75, 3.05) is 25.6 Å². The molecule has 0 radical (unpaired) electrons. The molecule has 3 aromatic rings. The van der Waals surface area contributed by atoms with E-state index in [1.165, 1.54) is 7.05 Å². The largest absolute Gasteiger partial charge is 0.475 e. The third kappa shape index (κ3) is 5.39. The molecule has 9 nitrogen and oxygen atoms in total. The number of ether oxygens (including phenoxy) is 2. The van der Waals surface area contributed by atoms with Crippen LogP contribution in [-0.2, 0) is 0 Å². The van der Waals surface area contributed by atoms with Crippen molar-refractivity contribution in [1.82, 2.24) is 20.3 Å². The first-order valence-electron chi connectivity index (χ1n) is 8.88. The summed E-state index contributed by atoms with van der Waals surface area (Å²) in [5.41, 5.74) is 2.29. The second kappa shape index (κ2) is 9.47. The lowest BCUT2D eigenvalue weighted by atomic mass is 10.1.